The van der Waals surface area contributed by atoms with E-state index in [1.165, 1.54) is 12.1 Å². The Morgan fingerprint density at radius 2 is 1.91 bits per heavy atom. The van der Waals surface area contributed by atoms with Gasteiger partial charge in [0.15, 0.2) is 11.4 Å². The van der Waals surface area contributed by atoms with E-state index in [9.17, 15) is 19.8 Å². The van der Waals surface area contributed by atoms with E-state index in [1.54, 1.807) is 0 Å². The molecule has 0 unspecified atom stereocenters. The van der Waals surface area contributed by atoms with Gasteiger partial charge in [-0.15, -0.1) is 0 Å². The molecule has 0 bridgehead atoms. The van der Waals surface area contributed by atoms with Gasteiger partial charge in [0.2, 0.25) is 0 Å². The van der Waals surface area contributed by atoms with Crippen LogP contribution in [-0.4, -0.2) is 16.0 Å². The lowest BCUT2D eigenvalue weighted by atomic mass is 9.92. The first-order valence-electron chi connectivity index (χ1n) is 8.08. The number of hydrogen-bond donors (Lipinski definition) is 2. The van der Waals surface area contributed by atoms with Crippen LogP contribution in [0.15, 0.2) is 21.3 Å². The zero-order valence-electron chi connectivity index (χ0n) is 13.1. The fourth-order valence-electron chi connectivity index (χ4n) is 3.49. The molecule has 0 amide bonds. The molecule has 1 aromatic carbocycles. The van der Waals surface area contributed by atoms with Crippen LogP contribution in [0.1, 0.15) is 54.9 Å². The van der Waals surface area contributed by atoms with E-state index >= 15 is 0 Å². The summed E-state index contributed by atoms with van der Waals surface area (Å²) in [6.07, 6.45) is 4.89. The topological polar surface area (TPSA) is 87.7 Å². The third-order valence-corrected chi connectivity index (χ3v) is 4.55. The lowest BCUT2D eigenvalue weighted by Gasteiger charge is -2.14. The van der Waals surface area contributed by atoms with Gasteiger partial charge in [-0.3, -0.25) is 4.79 Å². The molecule has 1 aliphatic rings. The van der Waals surface area contributed by atoms with Crippen molar-refractivity contribution >= 4 is 16.8 Å². The highest BCUT2D eigenvalue weighted by atomic mass is 16.4. The number of benzene rings is 1. The fourth-order valence-corrected chi connectivity index (χ4v) is 3.49. The number of carbonyl (C=O) groups excluding carboxylic acids is 1. The summed E-state index contributed by atoms with van der Waals surface area (Å²) in [6, 6.07) is 2.51. The molecule has 0 spiro atoms. The summed E-state index contributed by atoms with van der Waals surface area (Å²) in [5, 5.41) is 20.7. The van der Waals surface area contributed by atoms with Crippen LogP contribution in [0.2, 0.25) is 0 Å². The van der Waals surface area contributed by atoms with Crippen LogP contribution in [0.3, 0.4) is 0 Å². The Bertz CT molecular complexity index is 812. The minimum atomic E-state index is -0.577. The molecule has 1 heterocycles. The molecule has 0 radical (unpaired) electrons. The van der Waals surface area contributed by atoms with Crippen molar-refractivity contribution in [2.45, 2.75) is 45.4 Å². The maximum absolute atomic E-state index is 12.8. The number of hydrogen-bond acceptors (Lipinski definition) is 5. The normalized spacial score (nSPS) is 15.3. The smallest absolute Gasteiger partial charge is 0.336 e. The molecule has 1 aliphatic carbocycles. The van der Waals surface area contributed by atoms with E-state index < -0.39 is 5.63 Å². The molecule has 0 saturated heterocycles. The molecule has 5 nitrogen and oxygen atoms in total. The van der Waals surface area contributed by atoms with Gasteiger partial charge >= 0.3 is 5.63 Å². The second-order valence-electron chi connectivity index (χ2n) is 6.18. The van der Waals surface area contributed by atoms with Gasteiger partial charge in [0.05, 0.1) is 5.39 Å². The molecule has 0 atom stereocenters. The monoisotopic (exact) mass is 316 g/mol. The highest BCUT2D eigenvalue weighted by molar-refractivity contribution is 6.11. The number of ketones is 1. The predicted molar refractivity (Wildman–Crippen MR) is 86.1 cm³/mol. The fraction of sp³-hybridized carbons (Fsp3) is 0.444. The molecule has 5 heteroatoms. The van der Waals surface area contributed by atoms with E-state index in [1.807, 2.05) is 6.92 Å². The molecule has 3 rings (SSSR count). The Morgan fingerprint density at radius 3 is 2.57 bits per heavy atom. The van der Waals surface area contributed by atoms with E-state index in [0.717, 1.165) is 32.1 Å². The first-order valence-corrected chi connectivity index (χ1v) is 8.08. The van der Waals surface area contributed by atoms with Crippen molar-refractivity contribution in [3.8, 4) is 11.5 Å². The van der Waals surface area contributed by atoms with Crippen LogP contribution >= 0.6 is 0 Å². The van der Waals surface area contributed by atoms with Gasteiger partial charge < -0.3 is 14.6 Å². The third-order valence-electron chi connectivity index (χ3n) is 4.55. The molecule has 122 valence electrons. The highest BCUT2D eigenvalue weighted by Crippen LogP contribution is 2.39. The van der Waals surface area contributed by atoms with Gasteiger partial charge in [-0.05, 0) is 24.8 Å². The maximum Gasteiger partial charge on any atom is 0.336 e. The Balaban J connectivity index is 2.28. The molecule has 1 aromatic heterocycles. The molecule has 23 heavy (non-hydrogen) atoms. The van der Waals surface area contributed by atoms with Crippen molar-refractivity contribution in [1.29, 1.82) is 0 Å². The maximum atomic E-state index is 12.8. The van der Waals surface area contributed by atoms with Crippen molar-refractivity contribution in [2.24, 2.45) is 5.92 Å². The standard InChI is InChI=1S/C18H20O5/c1-2-5-11-8-14(21)23-18-15(11)12(19)9-13(20)16(18)17(22)10-6-3-4-7-10/h8-10,19-20H,2-7H2,1H3. The number of carbonyl (C=O) groups is 1. The molecule has 2 aromatic rings. The third kappa shape index (κ3) is 2.71. The Hall–Kier alpha value is -2.30. The van der Waals surface area contributed by atoms with Crippen LogP contribution in [-0.2, 0) is 6.42 Å². The zero-order valence-corrected chi connectivity index (χ0v) is 13.1. The number of rotatable bonds is 4. The summed E-state index contributed by atoms with van der Waals surface area (Å²) in [7, 11) is 0. The largest absolute Gasteiger partial charge is 0.507 e. The highest BCUT2D eigenvalue weighted by Gasteiger charge is 2.30. The molecular formula is C18H20O5. The second-order valence-corrected chi connectivity index (χ2v) is 6.18. The van der Waals surface area contributed by atoms with Crippen molar-refractivity contribution in [3.63, 3.8) is 0 Å². The average molecular weight is 316 g/mol. The molecule has 1 fully saturated rings. The average Bonchev–Trinajstić information content (AvgIpc) is 3.00. The predicted octanol–water partition coefficient (Wildman–Crippen LogP) is 3.53. The lowest BCUT2D eigenvalue weighted by molar-refractivity contribution is 0.0920. The Morgan fingerprint density at radius 1 is 1.22 bits per heavy atom. The molecule has 0 aliphatic heterocycles. The van der Waals surface area contributed by atoms with Gasteiger partial charge in [0, 0.05) is 18.1 Å². The number of aryl methyl sites for hydroxylation is 1. The number of aromatic hydroxyl groups is 2. The van der Waals surface area contributed by atoms with Crippen LogP contribution < -0.4 is 5.63 Å². The number of fused-ring (bicyclic) bond motifs is 1. The summed E-state index contributed by atoms with van der Waals surface area (Å²) in [5.74, 6) is -0.869. The molecule has 1 saturated carbocycles. The van der Waals surface area contributed by atoms with Crippen LogP contribution in [0.4, 0.5) is 0 Å². The first kappa shape index (κ1) is 15.6. The summed E-state index contributed by atoms with van der Waals surface area (Å²) in [5.41, 5.74) is 0.0956. The van der Waals surface area contributed by atoms with Crippen LogP contribution in [0, 0.1) is 5.92 Å². The van der Waals surface area contributed by atoms with E-state index in [2.05, 4.69) is 0 Å². The lowest BCUT2D eigenvalue weighted by Crippen LogP contribution is -2.13. The van der Waals surface area contributed by atoms with Crippen molar-refractivity contribution < 1.29 is 19.4 Å². The quantitative estimate of drug-likeness (QED) is 0.665. The van der Waals surface area contributed by atoms with Gasteiger partial charge in [-0.2, -0.15) is 0 Å². The van der Waals surface area contributed by atoms with Gasteiger partial charge in [-0.1, -0.05) is 26.2 Å². The van der Waals surface area contributed by atoms with E-state index in [-0.39, 0.29) is 34.3 Å². The molecular weight excluding hydrogens is 296 g/mol. The van der Waals surface area contributed by atoms with Crippen molar-refractivity contribution in [3.05, 3.63) is 33.7 Å². The second kappa shape index (κ2) is 6.07. The minimum absolute atomic E-state index is 0.00958. The zero-order chi connectivity index (χ0) is 16.6. The SMILES string of the molecule is CCCc1cc(=O)oc2c(C(=O)C3CCCC3)c(O)cc(O)c12. The Kier molecular flexibility index (Phi) is 4.11. The van der Waals surface area contributed by atoms with E-state index in [0.29, 0.717) is 17.4 Å². The summed E-state index contributed by atoms with van der Waals surface area (Å²) >= 11 is 0. The Labute approximate surface area is 133 Å². The number of phenolic OH excluding ortho intramolecular Hbond substituents is 2. The van der Waals surface area contributed by atoms with Crippen molar-refractivity contribution in [2.75, 3.05) is 0 Å². The van der Waals surface area contributed by atoms with Gasteiger partial charge in [0.1, 0.15) is 17.1 Å². The van der Waals surface area contributed by atoms with E-state index in [4.69, 9.17) is 4.42 Å². The summed E-state index contributed by atoms with van der Waals surface area (Å²) in [4.78, 5) is 24.6. The number of phenols is 2. The summed E-state index contributed by atoms with van der Waals surface area (Å²) < 4.78 is 5.23. The van der Waals surface area contributed by atoms with Crippen LogP contribution in [0.5, 0.6) is 11.5 Å². The summed E-state index contributed by atoms with van der Waals surface area (Å²) in [6.45, 7) is 1.96. The number of Topliss-reactive ketones (excluding diaryl/α,β-unsaturated/α-hetero) is 1. The molecule has 2 N–H and O–H groups in total. The first-order chi connectivity index (χ1) is 11.0. The van der Waals surface area contributed by atoms with Crippen molar-refractivity contribution in [1.82, 2.24) is 0 Å². The van der Waals surface area contributed by atoms with Gasteiger partial charge in [-0.25, -0.2) is 4.79 Å². The van der Waals surface area contributed by atoms with Crippen LogP contribution in [0.25, 0.3) is 11.0 Å². The minimum Gasteiger partial charge on any atom is -0.507 e. The van der Waals surface area contributed by atoms with Gasteiger partial charge in [0.25, 0.3) is 0 Å².